The van der Waals surface area contributed by atoms with Crippen molar-refractivity contribution < 1.29 is 27.9 Å². The second-order valence-corrected chi connectivity index (χ2v) is 18.7. The van der Waals surface area contributed by atoms with Gasteiger partial charge in [-0.25, -0.2) is 13.4 Å². The van der Waals surface area contributed by atoms with Gasteiger partial charge in [0.2, 0.25) is 11.8 Å². The van der Waals surface area contributed by atoms with Crippen LogP contribution in [0.3, 0.4) is 0 Å². The van der Waals surface area contributed by atoms with Crippen LogP contribution < -0.4 is 16.0 Å². The molecule has 2 unspecified atom stereocenters. The number of pyridine rings is 1. The highest BCUT2D eigenvalue weighted by Gasteiger charge is 2.46. The van der Waals surface area contributed by atoms with Gasteiger partial charge in [-0.3, -0.25) is 19.3 Å². The fourth-order valence-corrected chi connectivity index (χ4v) is 8.00. The lowest BCUT2D eigenvalue weighted by Crippen LogP contribution is -2.64. The Morgan fingerprint density at radius 2 is 1.66 bits per heavy atom. The number of nitrogens with one attached hydrogen (secondary N) is 3. The number of aromatic nitrogens is 1. The van der Waals surface area contributed by atoms with Crippen LogP contribution >= 0.6 is 11.6 Å². The molecule has 0 radical (unpaired) electrons. The van der Waals surface area contributed by atoms with Crippen molar-refractivity contribution in [3.05, 3.63) is 64.4 Å². The second kappa shape index (κ2) is 16.1. The summed E-state index contributed by atoms with van der Waals surface area (Å²) in [5, 5.41) is 20.7. The summed E-state index contributed by atoms with van der Waals surface area (Å²) in [7, 11) is -3.90. The molecule has 0 spiro atoms. The van der Waals surface area contributed by atoms with Crippen molar-refractivity contribution in [2.24, 2.45) is 11.8 Å². The summed E-state index contributed by atoms with van der Waals surface area (Å²) in [6.45, 7) is 11.0. The molecule has 0 bridgehead atoms. The van der Waals surface area contributed by atoms with E-state index in [9.17, 15) is 27.9 Å². The number of nitrogens with zero attached hydrogens (tertiary/aromatic N) is 2. The van der Waals surface area contributed by atoms with E-state index in [1.807, 2.05) is 51.1 Å². The van der Waals surface area contributed by atoms with Gasteiger partial charge in [-0.05, 0) is 90.3 Å². The standard InChI is InChI=1S/C37H54ClN5O6S/c1-23-17-27(20-31(38)39-23)33(45)41-32(37(5,6)50(7,48)49)35(47)40-28(18-24-13-9-8-10-14-24)30(44)22-43-21-26-16-12-11-15-25(26)19-29(43)34(46)42-36(2,3)4/h8-10,13-14,17,20,25-26,28-30,32,44H,11-12,15-16,18-19,21-22H2,1-7H3,(H,40,47)(H,41,45)(H,42,46)/t25?,26?,28-,29-,30+,32+/m0/s1. The lowest BCUT2D eigenvalue weighted by Gasteiger charge is -2.47. The molecule has 1 saturated heterocycles. The van der Waals surface area contributed by atoms with E-state index in [4.69, 9.17) is 11.6 Å². The third-order valence-electron chi connectivity index (χ3n) is 10.2. The molecular formula is C37H54ClN5O6S. The van der Waals surface area contributed by atoms with Crippen molar-refractivity contribution in [1.29, 1.82) is 0 Å². The Balaban J connectivity index is 1.64. The lowest BCUT2D eigenvalue weighted by atomic mass is 9.72. The maximum absolute atomic E-state index is 14.2. The smallest absolute Gasteiger partial charge is 0.252 e. The van der Waals surface area contributed by atoms with Crippen LogP contribution in [0.2, 0.25) is 5.15 Å². The van der Waals surface area contributed by atoms with Crippen LogP contribution in [0.1, 0.15) is 88.3 Å². The van der Waals surface area contributed by atoms with E-state index in [1.165, 1.54) is 26.0 Å². The number of aliphatic hydroxyl groups is 1. The zero-order valence-electron chi connectivity index (χ0n) is 30.3. The fraction of sp³-hybridized carbons (Fsp3) is 0.622. The number of fused-ring (bicyclic) bond motifs is 1. The third kappa shape index (κ3) is 10.3. The number of sulfone groups is 1. The molecule has 2 fully saturated rings. The second-order valence-electron chi connectivity index (χ2n) is 15.7. The van der Waals surface area contributed by atoms with E-state index in [0.29, 0.717) is 30.5 Å². The van der Waals surface area contributed by atoms with Gasteiger partial charge < -0.3 is 21.1 Å². The first kappa shape index (κ1) is 39.7. The Morgan fingerprint density at radius 3 is 2.26 bits per heavy atom. The Labute approximate surface area is 302 Å². The molecule has 3 amide bonds. The number of carbonyl (C=O) groups is 3. The molecule has 276 valence electrons. The number of aryl methyl sites for hydroxylation is 1. The number of halogens is 1. The maximum atomic E-state index is 14.2. The molecule has 50 heavy (non-hydrogen) atoms. The van der Waals surface area contributed by atoms with Crippen molar-refractivity contribution in [2.75, 3.05) is 19.3 Å². The molecule has 1 aromatic heterocycles. The highest BCUT2D eigenvalue weighted by atomic mass is 35.5. The largest absolute Gasteiger partial charge is 0.390 e. The lowest BCUT2D eigenvalue weighted by molar-refractivity contribution is -0.133. The normalized spacial score (nSPS) is 22.1. The van der Waals surface area contributed by atoms with E-state index in [2.05, 4.69) is 25.8 Å². The van der Waals surface area contributed by atoms with Crippen LogP contribution in [-0.2, 0) is 25.8 Å². The Kier molecular flexibility index (Phi) is 12.8. The number of amides is 3. The quantitative estimate of drug-likeness (QED) is 0.240. The van der Waals surface area contributed by atoms with Crippen molar-refractivity contribution in [1.82, 2.24) is 25.8 Å². The Bertz CT molecular complexity index is 1610. The molecule has 2 heterocycles. The number of hydrogen-bond acceptors (Lipinski definition) is 8. The number of carbonyl (C=O) groups excluding carboxylic acids is 3. The monoisotopic (exact) mass is 731 g/mol. The minimum absolute atomic E-state index is 0.0799. The van der Waals surface area contributed by atoms with Gasteiger partial charge in [-0.15, -0.1) is 0 Å². The average molecular weight is 732 g/mol. The van der Waals surface area contributed by atoms with Gasteiger partial charge in [-0.1, -0.05) is 61.2 Å². The number of benzene rings is 1. The number of β-amino-alcohol motifs (C(OH)–C–C–N with tert-alkyl or cyclic N) is 1. The maximum Gasteiger partial charge on any atom is 0.252 e. The Hall–Kier alpha value is -3.06. The van der Waals surface area contributed by atoms with Crippen molar-refractivity contribution in [3.8, 4) is 0 Å². The molecule has 1 aromatic carbocycles. The summed E-state index contributed by atoms with van der Waals surface area (Å²) in [6, 6.07) is 9.33. The topological polar surface area (TPSA) is 158 Å². The highest BCUT2D eigenvalue weighted by molar-refractivity contribution is 7.92. The first-order valence-corrected chi connectivity index (χ1v) is 19.7. The van der Waals surface area contributed by atoms with E-state index in [-0.39, 0.29) is 29.6 Å². The molecule has 2 aliphatic rings. The summed E-state index contributed by atoms with van der Waals surface area (Å²) in [5.41, 5.74) is 1.01. The first-order chi connectivity index (χ1) is 23.2. The van der Waals surface area contributed by atoms with Crippen molar-refractivity contribution >= 4 is 39.2 Å². The van der Waals surface area contributed by atoms with Crippen LogP contribution in [0.25, 0.3) is 0 Å². The fourth-order valence-electron chi connectivity index (χ4n) is 7.15. The van der Waals surface area contributed by atoms with Crippen molar-refractivity contribution in [2.45, 2.75) is 115 Å². The van der Waals surface area contributed by atoms with Crippen LogP contribution in [0.4, 0.5) is 0 Å². The zero-order valence-corrected chi connectivity index (χ0v) is 31.9. The predicted octanol–water partition coefficient (Wildman–Crippen LogP) is 3.85. The van der Waals surface area contributed by atoms with Crippen LogP contribution in [-0.4, -0.2) is 95.0 Å². The molecule has 1 aliphatic heterocycles. The first-order valence-electron chi connectivity index (χ1n) is 17.5. The molecular weight excluding hydrogens is 678 g/mol. The van der Waals surface area contributed by atoms with E-state index < -0.39 is 56.2 Å². The van der Waals surface area contributed by atoms with E-state index in [0.717, 1.165) is 37.5 Å². The summed E-state index contributed by atoms with van der Waals surface area (Å²) in [5.74, 6) is -0.691. The van der Waals surface area contributed by atoms with Crippen LogP contribution in [0, 0.1) is 18.8 Å². The van der Waals surface area contributed by atoms with Crippen molar-refractivity contribution in [3.63, 3.8) is 0 Å². The van der Waals surface area contributed by atoms with Gasteiger partial charge in [0.25, 0.3) is 5.91 Å². The summed E-state index contributed by atoms with van der Waals surface area (Å²) in [6.07, 6.45) is 5.25. The van der Waals surface area contributed by atoms with E-state index >= 15 is 0 Å². The molecule has 6 atom stereocenters. The zero-order chi connectivity index (χ0) is 37.0. The summed E-state index contributed by atoms with van der Waals surface area (Å²) < 4.78 is 24.4. The molecule has 2 aromatic rings. The molecule has 4 rings (SSSR count). The molecule has 13 heteroatoms. The summed E-state index contributed by atoms with van der Waals surface area (Å²) >= 11 is 6.09. The number of hydrogen-bond donors (Lipinski definition) is 4. The SMILES string of the molecule is Cc1cc(C(=O)N[C@H](C(=O)N[C@@H](Cc2ccccc2)[C@H](O)CN2CC3CCCCC3C[C@H]2C(=O)NC(C)(C)C)C(C)(C)S(C)(=O)=O)cc(Cl)n1. The van der Waals surface area contributed by atoms with Gasteiger partial charge in [0, 0.05) is 36.1 Å². The minimum atomic E-state index is -3.90. The highest BCUT2D eigenvalue weighted by Crippen LogP contribution is 2.39. The molecule has 1 saturated carbocycles. The average Bonchev–Trinajstić information content (AvgIpc) is 3.01. The van der Waals surface area contributed by atoms with E-state index in [1.54, 1.807) is 6.92 Å². The van der Waals surface area contributed by atoms with Gasteiger partial charge in [0.05, 0.1) is 22.9 Å². The van der Waals surface area contributed by atoms with Gasteiger partial charge in [0.15, 0.2) is 9.84 Å². The van der Waals surface area contributed by atoms with Gasteiger partial charge in [-0.2, -0.15) is 0 Å². The number of likely N-dealkylation sites (tertiary alicyclic amines) is 1. The molecule has 4 N–H and O–H groups in total. The minimum Gasteiger partial charge on any atom is -0.390 e. The molecule has 1 aliphatic carbocycles. The number of rotatable bonds is 12. The Morgan fingerprint density at radius 1 is 1.02 bits per heavy atom. The predicted molar refractivity (Wildman–Crippen MR) is 196 cm³/mol. The number of aliphatic hydroxyl groups excluding tert-OH is 1. The van der Waals surface area contributed by atoms with Gasteiger partial charge >= 0.3 is 0 Å². The number of piperidine rings is 1. The summed E-state index contributed by atoms with van der Waals surface area (Å²) in [4.78, 5) is 47.5. The van der Waals surface area contributed by atoms with Crippen LogP contribution in [0.5, 0.6) is 0 Å². The molecule has 11 nitrogen and oxygen atoms in total. The van der Waals surface area contributed by atoms with Gasteiger partial charge in [0.1, 0.15) is 11.2 Å². The van der Waals surface area contributed by atoms with Crippen LogP contribution in [0.15, 0.2) is 42.5 Å². The third-order valence-corrected chi connectivity index (χ3v) is 12.5.